The number of carboxylic acids is 1. The van der Waals surface area contributed by atoms with E-state index in [1.165, 1.54) is 13.2 Å². The van der Waals surface area contributed by atoms with Crippen LogP contribution in [0.5, 0.6) is 11.5 Å². The van der Waals surface area contributed by atoms with Gasteiger partial charge in [0.05, 0.1) is 25.9 Å². The molecule has 0 spiro atoms. The molecule has 0 fully saturated rings. The summed E-state index contributed by atoms with van der Waals surface area (Å²) >= 11 is 0. The average Bonchev–Trinajstić information content (AvgIpc) is 2.93. The molecule has 0 bridgehead atoms. The van der Waals surface area contributed by atoms with Gasteiger partial charge < -0.3 is 39.8 Å². The van der Waals surface area contributed by atoms with Crippen LogP contribution in [-0.2, 0) is 20.7 Å². The highest BCUT2D eigenvalue weighted by Crippen LogP contribution is 2.38. The van der Waals surface area contributed by atoms with Crippen molar-refractivity contribution in [1.82, 2.24) is 10.6 Å². The Labute approximate surface area is 263 Å². The Morgan fingerprint density at radius 1 is 0.977 bits per heavy atom. The van der Waals surface area contributed by atoms with Crippen molar-refractivity contribution in [2.24, 2.45) is 17.8 Å². The third-order valence-corrected chi connectivity index (χ3v) is 7.39. The van der Waals surface area contributed by atoms with E-state index in [9.17, 15) is 24.6 Å². The van der Waals surface area contributed by atoms with Gasteiger partial charge in [-0.1, -0.05) is 40.2 Å². The smallest absolute Gasteiger partial charge is 0.407 e. The van der Waals surface area contributed by atoms with Crippen LogP contribution in [-0.4, -0.2) is 79.9 Å². The average molecular weight is 625 g/mol. The minimum absolute atomic E-state index is 0.00444. The highest BCUT2D eigenvalue weighted by molar-refractivity contribution is 5.92. The second-order valence-electron chi connectivity index (χ2n) is 12.7. The van der Waals surface area contributed by atoms with Crippen LogP contribution >= 0.6 is 0 Å². The fourth-order valence-corrected chi connectivity index (χ4v) is 4.84. The van der Waals surface area contributed by atoms with Gasteiger partial charge in [0.25, 0.3) is 0 Å². The van der Waals surface area contributed by atoms with Crippen molar-refractivity contribution in [3.8, 4) is 11.5 Å². The SMILES string of the molecule is CCCCNC(=O)[C@H](C)C[C@H](O)[C@H](C[C@H](Cc1ccc(C(=O)O)c(OCCCOC)c1OC)C(C)C)NC(=O)OC(C)(C)C. The van der Waals surface area contributed by atoms with Gasteiger partial charge in [-0.2, -0.15) is 0 Å². The number of aliphatic hydroxyl groups is 1. The standard InChI is InChI=1S/C33H56N2O9/c1-10-11-15-34-30(37)22(4)18-27(36)26(35-32(40)44-33(5,6)7)20-24(21(2)3)19-23-13-14-25(31(38)39)29(28(23)42-9)43-17-12-16-41-8/h13-14,21-22,24,26-27,36H,10-12,15-20H2,1-9H3,(H,34,37)(H,35,40)(H,38,39)/t22-,24+,26+,27+/m1/s1. The van der Waals surface area contributed by atoms with E-state index in [0.29, 0.717) is 38.2 Å². The molecule has 1 aromatic carbocycles. The van der Waals surface area contributed by atoms with Crippen LogP contribution in [0.4, 0.5) is 4.79 Å². The third kappa shape index (κ3) is 13.7. The van der Waals surface area contributed by atoms with Gasteiger partial charge in [-0.05, 0) is 69.9 Å². The van der Waals surface area contributed by atoms with Gasteiger partial charge in [0, 0.05) is 32.6 Å². The lowest BCUT2D eigenvalue weighted by Crippen LogP contribution is -2.48. The van der Waals surface area contributed by atoms with Gasteiger partial charge in [-0.3, -0.25) is 4.79 Å². The number of aromatic carboxylic acids is 1. The summed E-state index contributed by atoms with van der Waals surface area (Å²) in [6.45, 7) is 14.5. The van der Waals surface area contributed by atoms with Crippen molar-refractivity contribution >= 4 is 18.0 Å². The second kappa shape index (κ2) is 19.4. The number of amides is 2. The van der Waals surface area contributed by atoms with E-state index >= 15 is 0 Å². The van der Waals surface area contributed by atoms with E-state index < -0.39 is 35.7 Å². The molecule has 2 amide bonds. The lowest BCUT2D eigenvalue weighted by atomic mass is 9.81. The highest BCUT2D eigenvalue weighted by Gasteiger charge is 2.32. The number of hydrogen-bond donors (Lipinski definition) is 4. The van der Waals surface area contributed by atoms with Gasteiger partial charge in [0.1, 0.15) is 11.2 Å². The fourth-order valence-electron chi connectivity index (χ4n) is 4.84. The Bertz CT molecular complexity index is 1040. The Balaban J connectivity index is 3.32. The molecule has 4 atom stereocenters. The maximum atomic E-state index is 12.8. The van der Waals surface area contributed by atoms with E-state index in [4.69, 9.17) is 18.9 Å². The van der Waals surface area contributed by atoms with E-state index in [-0.39, 0.29) is 42.1 Å². The first kappa shape index (κ1) is 39.0. The zero-order chi connectivity index (χ0) is 33.4. The first-order valence-corrected chi connectivity index (χ1v) is 15.6. The molecule has 11 heteroatoms. The second-order valence-corrected chi connectivity index (χ2v) is 12.7. The quantitative estimate of drug-likeness (QED) is 0.143. The number of hydrogen-bond acceptors (Lipinski definition) is 8. The Morgan fingerprint density at radius 2 is 1.66 bits per heavy atom. The number of alkyl carbamates (subject to hydrolysis) is 1. The number of benzene rings is 1. The Kier molecular flexibility index (Phi) is 17.1. The molecule has 0 unspecified atom stereocenters. The molecule has 0 aromatic heterocycles. The zero-order valence-electron chi connectivity index (χ0n) is 28.2. The van der Waals surface area contributed by atoms with Crippen molar-refractivity contribution in [2.75, 3.05) is 34.0 Å². The topological polar surface area (TPSA) is 153 Å². The summed E-state index contributed by atoms with van der Waals surface area (Å²) in [5.41, 5.74) is 0.00453. The van der Waals surface area contributed by atoms with Gasteiger partial charge in [-0.25, -0.2) is 9.59 Å². The summed E-state index contributed by atoms with van der Waals surface area (Å²) < 4.78 is 22.2. The molecule has 0 saturated carbocycles. The van der Waals surface area contributed by atoms with Crippen LogP contribution in [0.1, 0.15) is 96.5 Å². The molecule has 0 aliphatic carbocycles. The zero-order valence-corrected chi connectivity index (χ0v) is 28.2. The molecule has 1 aromatic rings. The summed E-state index contributed by atoms with van der Waals surface area (Å²) in [5.74, 6) is -1.22. The molecule has 0 aliphatic rings. The van der Waals surface area contributed by atoms with Gasteiger partial charge in [-0.15, -0.1) is 0 Å². The van der Waals surface area contributed by atoms with Gasteiger partial charge >= 0.3 is 12.1 Å². The Hall–Kier alpha value is -3.05. The maximum absolute atomic E-state index is 12.8. The van der Waals surface area contributed by atoms with Gasteiger partial charge in [0.2, 0.25) is 5.91 Å². The molecule has 44 heavy (non-hydrogen) atoms. The lowest BCUT2D eigenvalue weighted by molar-refractivity contribution is -0.125. The fraction of sp³-hybridized carbons (Fsp3) is 0.727. The molecular weight excluding hydrogens is 568 g/mol. The van der Waals surface area contributed by atoms with E-state index in [1.807, 2.05) is 20.8 Å². The third-order valence-electron chi connectivity index (χ3n) is 7.39. The van der Waals surface area contributed by atoms with Crippen LogP contribution in [0.2, 0.25) is 0 Å². The van der Waals surface area contributed by atoms with Crippen molar-refractivity contribution in [2.45, 2.75) is 105 Å². The molecule has 0 heterocycles. The number of carbonyl (C=O) groups is 3. The van der Waals surface area contributed by atoms with Crippen molar-refractivity contribution in [1.29, 1.82) is 0 Å². The largest absolute Gasteiger partial charge is 0.493 e. The summed E-state index contributed by atoms with van der Waals surface area (Å²) in [6.07, 6.45) is 1.71. The minimum Gasteiger partial charge on any atom is -0.493 e. The minimum atomic E-state index is -1.13. The molecule has 1 rings (SSSR count). The number of nitrogens with one attached hydrogen (secondary N) is 2. The first-order chi connectivity index (χ1) is 20.6. The van der Waals surface area contributed by atoms with E-state index in [0.717, 1.165) is 18.4 Å². The number of unbranched alkanes of at least 4 members (excludes halogenated alkanes) is 1. The van der Waals surface area contributed by atoms with Crippen LogP contribution in [0.25, 0.3) is 0 Å². The summed E-state index contributed by atoms with van der Waals surface area (Å²) in [4.78, 5) is 37.5. The molecular formula is C33H56N2O9. The van der Waals surface area contributed by atoms with Crippen LogP contribution < -0.4 is 20.1 Å². The van der Waals surface area contributed by atoms with Crippen LogP contribution in [0, 0.1) is 17.8 Å². The number of ether oxygens (including phenoxy) is 4. The normalized spacial score (nSPS) is 14.3. The summed E-state index contributed by atoms with van der Waals surface area (Å²) in [7, 11) is 3.06. The number of methoxy groups -OCH3 is 2. The molecule has 0 aliphatic heterocycles. The van der Waals surface area contributed by atoms with Crippen molar-refractivity contribution in [3.63, 3.8) is 0 Å². The van der Waals surface area contributed by atoms with Crippen molar-refractivity contribution in [3.05, 3.63) is 23.3 Å². The molecule has 252 valence electrons. The predicted octanol–water partition coefficient (Wildman–Crippen LogP) is 5.21. The highest BCUT2D eigenvalue weighted by atomic mass is 16.6. The molecule has 4 N–H and O–H groups in total. The predicted molar refractivity (Wildman–Crippen MR) is 169 cm³/mol. The van der Waals surface area contributed by atoms with Crippen molar-refractivity contribution < 1.29 is 43.5 Å². The Morgan fingerprint density at radius 3 is 2.20 bits per heavy atom. The number of carboxylic acid groups (broad SMARTS) is 1. The number of carbonyl (C=O) groups excluding carboxylic acids is 2. The van der Waals surface area contributed by atoms with E-state index in [1.54, 1.807) is 40.9 Å². The van der Waals surface area contributed by atoms with Crippen LogP contribution in [0.15, 0.2) is 12.1 Å². The molecule has 0 saturated heterocycles. The lowest BCUT2D eigenvalue weighted by Gasteiger charge is -2.32. The number of rotatable bonds is 20. The van der Waals surface area contributed by atoms with Gasteiger partial charge in [0.15, 0.2) is 11.5 Å². The van der Waals surface area contributed by atoms with E-state index in [2.05, 4.69) is 10.6 Å². The summed E-state index contributed by atoms with van der Waals surface area (Å²) in [6, 6.07) is 2.51. The number of aliphatic hydroxyl groups excluding tert-OH is 1. The monoisotopic (exact) mass is 624 g/mol. The molecule has 0 radical (unpaired) electrons. The summed E-state index contributed by atoms with van der Waals surface area (Å²) in [5, 5.41) is 26.9. The van der Waals surface area contributed by atoms with Crippen LogP contribution in [0.3, 0.4) is 0 Å². The maximum Gasteiger partial charge on any atom is 0.407 e. The molecule has 11 nitrogen and oxygen atoms in total. The first-order valence-electron chi connectivity index (χ1n) is 15.6.